The fourth-order valence-corrected chi connectivity index (χ4v) is 3.61. The molecule has 100 valence electrons. The summed E-state index contributed by atoms with van der Waals surface area (Å²) in [7, 11) is 2.23. The van der Waals surface area contributed by atoms with Crippen molar-refractivity contribution in [3.63, 3.8) is 0 Å². The summed E-state index contributed by atoms with van der Waals surface area (Å²) in [6, 6.07) is 0. The second-order valence-corrected chi connectivity index (χ2v) is 6.49. The molecule has 2 heterocycles. The second kappa shape index (κ2) is 6.98. The molecule has 0 aromatic rings. The van der Waals surface area contributed by atoms with Crippen LogP contribution >= 0.6 is 11.8 Å². The zero-order chi connectivity index (χ0) is 12.1. The molecular formula is C13H27N3S. The molecule has 2 rings (SSSR count). The van der Waals surface area contributed by atoms with E-state index in [0.717, 1.165) is 5.92 Å². The van der Waals surface area contributed by atoms with Crippen molar-refractivity contribution >= 4 is 11.8 Å². The third-order valence-electron chi connectivity index (χ3n) is 4.11. The Hall–Kier alpha value is 0.230. The predicted octanol–water partition coefficient (Wildman–Crippen LogP) is 1.27. The Morgan fingerprint density at radius 3 is 2.12 bits per heavy atom. The van der Waals surface area contributed by atoms with Gasteiger partial charge in [0.05, 0.1) is 6.67 Å². The number of piperidine rings is 1. The van der Waals surface area contributed by atoms with Crippen LogP contribution in [0.2, 0.25) is 0 Å². The summed E-state index contributed by atoms with van der Waals surface area (Å²) < 4.78 is 0. The molecule has 17 heavy (non-hydrogen) atoms. The van der Waals surface area contributed by atoms with E-state index < -0.39 is 0 Å². The van der Waals surface area contributed by atoms with E-state index in [1.54, 1.807) is 0 Å². The van der Waals surface area contributed by atoms with Crippen molar-refractivity contribution in [2.75, 3.05) is 65.0 Å². The van der Waals surface area contributed by atoms with Crippen LogP contribution in [0.4, 0.5) is 0 Å². The molecule has 0 aliphatic carbocycles. The largest absolute Gasteiger partial charge is 0.304 e. The van der Waals surface area contributed by atoms with E-state index in [0.29, 0.717) is 0 Å². The van der Waals surface area contributed by atoms with Crippen LogP contribution in [-0.2, 0) is 0 Å². The first kappa shape index (κ1) is 13.7. The first-order valence-electron chi connectivity index (χ1n) is 6.90. The van der Waals surface area contributed by atoms with Gasteiger partial charge in [-0.3, -0.25) is 9.80 Å². The van der Waals surface area contributed by atoms with Gasteiger partial charge in [0.1, 0.15) is 0 Å². The molecule has 4 heteroatoms. The van der Waals surface area contributed by atoms with E-state index in [-0.39, 0.29) is 0 Å². The maximum absolute atomic E-state index is 2.65. The summed E-state index contributed by atoms with van der Waals surface area (Å²) >= 11 is 2.01. The van der Waals surface area contributed by atoms with Crippen LogP contribution in [0.25, 0.3) is 0 Å². The molecule has 0 spiro atoms. The quantitative estimate of drug-likeness (QED) is 0.750. The number of hydrogen-bond acceptors (Lipinski definition) is 4. The highest BCUT2D eigenvalue weighted by Gasteiger charge is 2.21. The van der Waals surface area contributed by atoms with Gasteiger partial charge >= 0.3 is 0 Å². The molecule has 0 bridgehead atoms. The molecule has 0 amide bonds. The van der Waals surface area contributed by atoms with Crippen molar-refractivity contribution in [1.82, 2.24) is 14.7 Å². The third kappa shape index (κ3) is 4.43. The standard InChI is InChI=1S/C13H27N3S/c1-14-7-9-16(10-8-14)12-15-5-3-13(4-6-15)11-17-2/h13H,3-12H2,1-2H3. The van der Waals surface area contributed by atoms with Crippen LogP contribution in [0.1, 0.15) is 12.8 Å². The van der Waals surface area contributed by atoms with Gasteiger partial charge in [-0.05, 0) is 50.9 Å². The minimum absolute atomic E-state index is 0.980. The molecule has 2 aliphatic rings. The van der Waals surface area contributed by atoms with Crippen molar-refractivity contribution in [1.29, 1.82) is 0 Å². The highest BCUT2D eigenvalue weighted by atomic mass is 32.2. The van der Waals surface area contributed by atoms with Gasteiger partial charge in [-0.15, -0.1) is 0 Å². The fourth-order valence-electron chi connectivity index (χ4n) is 2.80. The minimum Gasteiger partial charge on any atom is -0.304 e. The average molecular weight is 257 g/mol. The van der Waals surface area contributed by atoms with Crippen LogP contribution in [-0.4, -0.2) is 79.7 Å². The maximum atomic E-state index is 2.65. The van der Waals surface area contributed by atoms with Gasteiger partial charge in [-0.1, -0.05) is 0 Å². The number of hydrogen-bond donors (Lipinski definition) is 0. The van der Waals surface area contributed by atoms with Gasteiger partial charge in [-0.2, -0.15) is 11.8 Å². The molecular weight excluding hydrogens is 230 g/mol. The van der Waals surface area contributed by atoms with Gasteiger partial charge in [0.25, 0.3) is 0 Å². The molecule has 2 saturated heterocycles. The lowest BCUT2D eigenvalue weighted by atomic mass is 9.99. The lowest BCUT2D eigenvalue weighted by molar-refractivity contribution is 0.0654. The molecule has 0 saturated carbocycles. The molecule has 2 fully saturated rings. The monoisotopic (exact) mass is 257 g/mol. The Morgan fingerprint density at radius 2 is 1.53 bits per heavy atom. The highest BCUT2D eigenvalue weighted by molar-refractivity contribution is 7.98. The van der Waals surface area contributed by atoms with Crippen LogP contribution in [0.5, 0.6) is 0 Å². The first-order chi connectivity index (χ1) is 8.28. The van der Waals surface area contributed by atoms with Crippen LogP contribution in [0, 0.1) is 5.92 Å². The average Bonchev–Trinajstić information content (AvgIpc) is 2.35. The summed E-state index contributed by atoms with van der Waals surface area (Å²) in [5.41, 5.74) is 0. The minimum atomic E-state index is 0.980. The lowest BCUT2D eigenvalue weighted by Crippen LogP contribution is -2.50. The molecule has 0 atom stereocenters. The molecule has 0 unspecified atom stereocenters. The highest BCUT2D eigenvalue weighted by Crippen LogP contribution is 2.20. The fraction of sp³-hybridized carbons (Fsp3) is 1.00. The molecule has 2 aliphatic heterocycles. The van der Waals surface area contributed by atoms with Crippen molar-refractivity contribution < 1.29 is 0 Å². The summed E-state index contributed by atoms with van der Waals surface area (Å²) in [4.78, 5) is 7.71. The van der Waals surface area contributed by atoms with Gasteiger partial charge in [0, 0.05) is 26.2 Å². The van der Waals surface area contributed by atoms with Crippen molar-refractivity contribution in [3.05, 3.63) is 0 Å². The van der Waals surface area contributed by atoms with E-state index in [4.69, 9.17) is 0 Å². The number of likely N-dealkylation sites (N-methyl/N-ethyl adjacent to an activating group) is 1. The van der Waals surface area contributed by atoms with Crippen molar-refractivity contribution in [2.45, 2.75) is 12.8 Å². The summed E-state index contributed by atoms with van der Waals surface area (Å²) in [5.74, 6) is 2.34. The Balaban J connectivity index is 1.64. The Labute approximate surface area is 111 Å². The molecule has 0 radical (unpaired) electrons. The number of thioether (sulfide) groups is 1. The Bertz CT molecular complexity index is 209. The number of piperazine rings is 1. The van der Waals surface area contributed by atoms with Gasteiger partial charge in [0.15, 0.2) is 0 Å². The number of nitrogens with zero attached hydrogens (tertiary/aromatic N) is 3. The summed E-state index contributed by atoms with van der Waals surface area (Å²) in [6.45, 7) is 8.82. The SMILES string of the molecule is CSCC1CCN(CN2CCN(C)CC2)CC1. The van der Waals surface area contributed by atoms with Crippen LogP contribution < -0.4 is 0 Å². The Morgan fingerprint density at radius 1 is 0.941 bits per heavy atom. The van der Waals surface area contributed by atoms with E-state index in [1.807, 2.05) is 11.8 Å². The normalized spacial score (nSPS) is 26.5. The van der Waals surface area contributed by atoms with Crippen molar-refractivity contribution in [3.8, 4) is 0 Å². The van der Waals surface area contributed by atoms with Gasteiger partial charge in [-0.25, -0.2) is 0 Å². The zero-order valence-corrected chi connectivity index (χ0v) is 12.2. The molecule has 0 N–H and O–H groups in total. The summed E-state index contributed by atoms with van der Waals surface area (Å²) in [5, 5.41) is 0. The lowest BCUT2D eigenvalue weighted by Gasteiger charge is -2.38. The topological polar surface area (TPSA) is 9.72 Å². The maximum Gasteiger partial charge on any atom is 0.0507 e. The number of rotatable bonds is 4. The van der Waals surface area contributed by atoms with E-state index in [9.17, 15) is 0 Å². The molecule has 0 aromatic carbocycles. The van der Waals surface area contributed by atoms with Gasteiger partial charge < -0.3 is 4.90 Å². The van der Waals surface area contributed by atoms with E-state index in [2.05, 4.69) is 28.0 Å². The number of likely N-dealkylation sites (tertiary alicyclic amines) is 1. The first-order valence-corrected chi connectivity index (χ1v) is 8.29. The predicted molar refractivity (Wildman–Crippen MR) is 76.6 cm³/mol. The Kier molecular flexibility index (Phi) is 5.60. The zero-order valence-electron chi connectivity index (χ0n) is 11.4. The van der Waals surface area contributed by atoms with Crippen LogP contribution in [0.15, 0.2) is 0 Å². The van der Waals surface area contributed by atoms with E-state index in [1.165, 1.54) is 64.5 Å². The third-order valence-corrected chi connectivity index (χ3v) is 4.91. The molecule has 0 aromatic heterocycles. The van der Waals surface area contributed by atoms with Crippen molar-refractivity contribution in [2.24, 2.45) is 5.92 Å². The molecule has 3 nitrogen and oxygen atoms in total. The second-order valence-electron chi connectivity index (χ2n) is 5.58. The van der Waals surface area contributed by atoms with Gasteiger partial charge in [0.2, 0.25) is 0 Å². The van der Waals surface area contributed by atoms with Crippen LogP contribution in [0.3, 0.4) is 0 Å². The van der Waals surface area contributed by atoms with E-state index >= 15 is 0 Å². The smallest absolute Gasteiger partial charge is 0.0507 e. The summed E-state index contributed by atoms with van der Waals surface area (Å²) in [6.07, 6.45) is 5.06.